The summed E-state index contributed by atoms with van der Waals surface area (Å²) in [7, 11) is 2.07. The van der Waals surface area contributed by atoms with Crippen molar-refractivity contribution in [1.29, 1.82) is 0 Å². The first-order chi connectivity index (χ1) is 6.22. The van der Waals surface area contributed by atoms with Crippen LogP contribution in [0.1, 0.15) is 19.0 Å². The molecule has 1 aromatic rings. The van der Waals surface area contributed by atoms with Gasteiger partial charge in [0, 0.05) is 6.54 Å². The lowest BCUT2D eigenvalue weighted by Gasteiger charge is -2.13. The number of hydrogen-bond donors (Lipinski definition) is 0. The van der Waals surface area contributed by atoms with Crippen molar-refractivity contribution >= 4 is 11.6 Å². The van der Waals surface area contributed by atoms with Crippen LogP contribution in [0, 0.1) is 0 Å². The predicted octanol–water partition coefficient (Wildman–Crippen LogP) is 1.97. The van der Waals surface area contributed by atoms with E-state index >= 15 is 0 Å². The first-order valence-electron chi connectivity index (χ1n) is 4.37. The molecule has 0 bridgehead atoms. The van der Waals surface area contributed by atoms with E-state index in [1.807, 2.05) is 0 Å². The minimum atomic E-state index is 0.446. The minimum Gasteiger partial charge on any atom is -0.300 e. The van der Waals surface area contributed by atoms with Crippen LogP contribution < -0.4 is 0 Å². The molecular weight excluding hydrogens is 186 g/mol. The van der Waals surface area contributed by atoms with E-state index in [0.717, 1.165) is 25.2 Å². The van der Waals surface area contributed by atoms with Gasteiger partial charge in [0.2, 0.25) is 0 Å². The van der Waals surface area contributed by atoms with Gasteiger partial charge in [0.1, 0.15) is 5.15 Å². The van der Waals surface area contributed by atoms with Gasteiger partial charge < -0.3 is 4.90 Å². The first kappa shape index (κ1) is 10.4. The first-order valence-corrected chi connectivity index (χ1v) is 4.75. The van der Waals surface area contributed by atoms with Crippen molar-refractivity contribution in [3.05, 3.63) is 23.2 Å². The Labute approximate surface area is 83.8 Å². The summed E-state index contributed by atoms with van der Waals surface area (Å²) in [6.45, 7) is 4.06. The van der Waals surface area contributed by atoms with Gasteiger partial charge in [-0.1, -0.05) is 18.5 Å². The van der Waals surface area contributed by atoms with E-state index < -0.39 is 0 Å². The maximum Gasteiger partial charge on any atom is 0.147 e. The zero-order valence-electron chi connectivity index (χ0n) is 8.00. The standard InChI is InChI=1S/C9H14ClN3/c1-3-4-13(2)7-8-5-12-9(10)6-11-8/h5-6H,3-4,7H2,1-2H3. The fraction of sp³-hybridized carbons (Fsp3) is 0.556. The molecule has 0 aliphatic heterocycles. The highest BCUT2D eigenvalue weighted by Gasteiger charge is 2.00. The normalized spacial score (nSPS) is 10.8. The lowest BCUT2D eigenvalue weighted by molar-refractivity contribution is 0.323. The summed E-state index contributed by atoms with van der Waals surface area (Å²) in [5.74, 6) is 0. The smallest absolute Gasteiger partial charge is 0.147 e. The van der Waals surface area contributed by atoms with E-state index in [1.54, 1.807) is 12.4 Å². The Morgan fingerprint density at radius 3 is 2.69 bits per heavy atom. The molecule has 0 aromatic carbocycles. The van der Waals surface area contributed by atoms with Gasteiger partial charge in [0.05, 0.1) is 18.1 Å². The van der Waals surface area contributed by atoms with Crippen molar-refractivity contribution in [3.63, 3.8) is 0 Å². The zero-order chi connectivity index (χ0) is 9.68. The van der Waals surface area contributed by atoms with Gasteiger partial charge in [-0.05, 0) is 20.0 Å². The second-order valence-electron chi connectivity index (χ2n) is 3.07. The predicted molar refractivity (Wildman–Crippen MR) is 53.7 cm³/mol. The average Bonchev–Trinajstić information content (AvgIpc) is 2.09. The second kappa shape index (κ2) is 5.14. The Hall–Kier alpha value is -0.670. The third-order valence-corrected chi connectivity index (χ3v) is 1.91. The average molecular weight is 200 g/mol. The zero-order valence-corrected chi connectivity index (χ0v) is 8.75. The highest BCUT2D eigenvalue weighted by atomic mass is 35.5. The van der Waals surface area contributed by atoms with E-state index in [-0.39, 0.29) is 0 Å². The summed E-state index contributed by atoms with van der Waals surface area (Å²) in [4.78, 5) is 10.3. The highest BCUT2D eigenvalue weighted by molar-refractivity contribution is 6.29. The molecule has 72 valence electrons. The molecule has 0 aliphatic rings. The monoisotopic (exact) mass is 199 g/mol. The molecule has 0 amide bonds. The van der Waals surface area contributed by atoms with Crippen LogP contribution in [0.3, 0.4) is 0 Å². The molecule has 1 heterocycles. The molecule has 1 aromatic heterocycles. The van der Waals surface area contributed by atoms with E-state index in [2.05, 4.69) is 28.8 Å². The second-order valence-corrected chi connectivity index (χ2v) is 3.46. The van der Waals surface area contributed by atoms with Crippen molar-refractivity contribution in [2.24, 2.45) is 0 Å². The van der Waals surface area contributed by atoms with Crippen molar-refractivity contribution in [1.82, 2.24) is 14.9 Å². The highest BCUT2D eigenvalue weighted by Crippen LogP contribution is 2.03. The van der Waals surface area contributed by atoms with Crippen LogP contribution in [0.5, 0.6) is 0 Å². The lowest BCUT2D eigenvalue weighted by atomic mass is 10.4. The Balaban J connectivity index is 2.49. The Bertz CT molecular complexity index is 248. The van der Waals surface area contributed by atoms with Gasteiger partial charge in [-0.3, -0.25) is 4.98 Å². The molecule has 0 saturated carbocycles. The van der Waals surface area contributed by atoms with Gasteiger partial charge >= 0.3 is 0 Å². The van der Waals surface area contributed by atoms with Gasteiger partial charge in [0.25, 0.3) is 0 Å². The van der Waals surface area contributed by atoms with E-state index in [9.17, 15) is 0 Å². The minimum absolute atomic E-state index is 0.446. The number of aromatic nitrogens is 2. The largest absolute Gasteiger partial charge is 0.300 e. The summed E-state index contributed by atoms with van der Waals surface area (Å²) >= 11 is 5.62. The molecule has 0 atom stereocenters. The van der Waals surface area contributed by atoms with Crippen LogP contribution >= 0.6 is 11.6 Å². The molecule has 0 fully saturated rings. The summed E-state index contributed by atoms with van der Waals surface area (Å²) in [6, 6.07) is 0. The van der Waals surface area contributed by atoms with Crippen LogP contribution in [0.25, 0.3) is 0 Å². The fourth-order valence-electron chi connectivity index (χ4n) is 1.16. The van der Waals surface area contributed by atoms with E-state index in [1.165, 1.54) is 0 Å². The number of hydrogen-bond acceptors (Lipinski definition) is 3. The third-order valence-electron chi connectivity index (χ3n) is 1.71. The summed E-state index contributed by atoms with van der Waals surface area (Å²) in [5.41, 5.74) is 0.959. The van der Waals surface area contributed by atoms with Crippen LogP contribution in [0.4, 0.5) is 0 Å². The van der Waals surface area contributed by atoms with E-state index in [0.29, 0.717) is 5.15 Å². The molecular formula is C9H14ClN3. The number of nitrogens with zero attached hydrogens (tertiary/aromatic N) is 3. The Kier molecular flexibility index (Phi) is 4.12. The Morgan fingerprint density at radius 2 is 2.15 bits per heavy atom. The van der Waals surface area contributed by atoms with Crippen molar-refractivity contribution in [3.8, 4) is 0 Å². The molecule has 0 saturated heterocycles. The van der Waals surface area contributed by atoms with Gasteiger partial charge in [0.15, 0.2) is 0 Å². The SMILES string of the molecule is CCCN(C)Cc1cnc(Cl)cn1. The van der Waals surface area contributed by atoms with Gasteiger partial charge in [-0.25, -0.2) is 4.98 Å². The number of halogens is 1. The molecule has 0 aliphatic carbocycles. The van der Waals surface area contributed by atoms with Crippen LogP contribution in [-0.4, -0.2) is 28.5 Å². The van der Waals surface area contributed by atoms with Gasteiger partial charge in [-0.15, -0.1) is 0 Å². The summed E-state index contributed by atoms with van der Waals surface area (Å²) in [5, 5.41) is 0.446. The molecule has 1 rings (SSSR count). The molecule has 0 N–H and O–H groups in total. The molecule has 3 nitrogen and oxygen atoms in total. The van der Waals surface area contributed by atoms with Crippen LogP contribution in [0.2, 0.25) is 5.15 Å². The fourth-order valence-corrected chi connectivity index (χ4v) is 1.26. The lowest BCUT2D eigenvalue weighted by Crippen LogP contribution is -2.19. The van der Waals surface area contributed by atoms with Crippen molar-refractivity contribution in [2.75, 3.05) is 13.6 Å². The third kappa shape index (κ3) is 3.70. The van der Waals surface area contributed by atoms with Crippen LogP contribution in [-0.2, 0) is 6.54 Å². The van der Waals surface area contributed by atoms with Crippen molar-refractivity contribution in [2.45, 2.75) is 19.9 Å². The quantitative estimate of drug-likeness (QED) is 0.743. The molecule has 4 heteroatoms. The van der Waals surface area contributed by atoms with E-state index in [4.69, 9.17) is 11.6 Å². The summed E-state index contributed by atoms with van der Waals surface area (Å²) in [6.07, 6.45) is 4.45. The number of rotatable bonds is 4. The topological polar surface area (TPSA) is 29.0 Å². The maximum atomic E-state index is 5.62. The summed E-state index contributed by atoms with van der Waals surface area (Å²) < 4.78 is 0. The van der Waals surface area contributed by atoms with Gasteiger partial charge in [-0.2, -0.15) is 0 Å². The molecule has 13 heavy (non-hydrogen) atoms. The Morgan fingerprint density at radius 1 is 1.38 bits per heavy atom. The molecule has 0 unspecified atom stereocenters. The maximum absolute atomic E-state index is 5.62. The van der Waals surface area contributed by atoms with Crippen molar-refractivity contribution < 1.29 is 0 Å². The molecule has 0 spiro atoms. The molecule has 0 radical (unpaired) electrons. The van der Waals surface area contributed by atoms with Crippen LogP contribution in [0.15, 0.2) is 12.4 Å².